The highest BCUT2D eigenvalue weighted by atomic mass is 19.2. The molecule has 108 valence electrons. The van der Waals surface area contributed by atoms with Gasteiger partial charge in [-0.25, -0.2) is 8.78 Å². The number of nitrogens with one attached hydrogen (secondary N) is 2. The van der Waals surface area contributed by atoms with Gasteiger partial charge >= 0.3 is 0 Å². The molecule has 1 aliphatic heterocycles. The van der Waals surface area contributed by atoms with E-state index in [0.717, 1.165) is 42.8 Å². The van der Waals surface area contributed by atoms with E-state index in [4.69, 9.17) is 0 Å². The fourth-order valence-electron chi connectivity index (χ4n) is 2.50. The molecule has 0 aromatic heterocycles. The van der Waals surface area contributed by atoms with E-state index in [-0.39, 0.29) is 11.6 Å². The topological polar surface area (TPSA) is 41.1 Å². The van der Waals surface area contributed by atoms with E-state index in [1.807, 2.05) is 6.07 Å². The van der Waals surface area contributed by atoms with Crippen molar-refractivity contribution < 1.29 is 13.6 Å². The van der Waals surface area contributed by atoms with Crippen molar-refractivity contribution in [1.82, 2.24) is 0 Å². The smallest absolute Gasteiger partial charge is 0.256 e. The Morgan fingerprint density at radius 3 is 2.81 bits per heavy atom. The van der Waals surface area contributed by atoms with E-state index < -0.39 is 11.6 Å². The standard InChI is InChI=1S/C16H14F2N2O/c17-13-7-6-10(9-14(13)18)20-16(21)12-3-1-5-15-11(12)4-2-8-19-15/h1,3,5-7,9,19H,2,4,8H2,(H,20,21). The van der Waals surface area contributed by atoms with Crippen molar-refractivity contribution in [3.8, 4) is 0 Å². The number of amides is 1. The molecule has 1 aliphatic rings. The van der Waals surface area contributed by atoms with Crippen molar-refractivity contribution in [2.75, 3.05) is 17.2 Å². The molecular formula is C16H14F2N2O. The number of anilines is 2. The number of halogens is 2. The number of carbonyl (C=O) groups is 1. The number of fused-ring (bicyclic) bond motifs is 1. The normalized spacial score (nSPS) is 13.2. The molecule has 5 heteroatoms. The molecule has 0 bridgehead atoms. The van der Waals surface area contributed by atoms with Gasteiger partial charge in [0.15, 0.2) is 11.6 Å². The lowest BCUT2D eigenvalue weighted by Gasteiger charge is -2.20. The van der Waals surface area contributed by atoms with E-state index in [0.29, 0.717) is 5.56 Å². The number of hydrogen-bond acceptors (Lipinski definition) is 2. The number of benzene rings is 2. The molecule has 0 unspecified atom stereocenters. The van der Waals surface area contributed by atoms with Gasteiger partial charge in [0.25, 0.3) is 5.91 Å². The first-order valence-electron chi connectivity index (χ1n) is 6.77. The Balaban J connectivity index is 1.87. The maximum Gasteiger partial charge on any atom is 0.256 e. The Labute approximate surface area is 121 Å². The first kappa shape index (κ1) is 13.5. The van der Waals surface area contributed by atoms with Gasteiger partial charge in [-0.05, 0) is 42.7 Å². The van der Waals surface area contributed by atoms with Crippen molar-refractivity contribution in [3.63, 3.8) is 0 Å². The third kappa shape index (κ3) is 2.72. The summed E-state index contributed by atoms with van der Waals surface area (Å²) in [5.74, 6) is -2.24. The zero-order valence-corrected chi connectivity index (χ0v) is 11.2. The van der Waals surface area contributed by atoms with Crippen molar-refractivity contribution in [1.29, 1.82) is 0 Å². The van der Waals surface area contributed by atoms with Crippen molar-refractivity contribution >= 4 is 17.3 Å². The van der Waals surface area contributed by atoms with E-state index in [1.54, 1.807) is 12.1 Å². The minimum atomic E-state index is -0.982. The van der Waals surface area contributed by atoms with Crippen LogP contribution in [0.3, 0.4) is 0 Å². The summed E-state index contributed by atoms with van der Waals surface area (Å²) in [6.45, 7) is 0.890. The van der Waals surface area contributed by atoms with Crippen LogP contribution in [0.5, 0.6) is 0 Å². The molecule has 0 fully saturated rings. The van der Waals surface area contributed by atoms with Gasteiger partial charge in [-0.3, -0.25) is 4.79 Å². The Bertz CT molecular complexity index is 701. The first-order chi connectivity index (χ1) is 10.1. The van der Waals surface area contributed by atoms with Crippen molar-refractivity contribution in [3.05, 3.63) is 59.2 Å². The molecule has 1 amide bonds. The summed E-state index contributed by atoms with van der Waals surface area (Å²) in [5.41, 5.74) is 2.72. The summed E-state index contributed by atoms with van der Waals surface area (Å²) in [7, 11) is 0. The highest BCUT2D eigenvalue weighted by Crippen LogP contribution is 2.26. The molecule has 3 nitrogen and oxygen atoms in total. The second-order valence-electron chi connectivity index (χ2n) is 4.95. The molecule has 0 atom stereocenters. The maximum absolute atomic E-state index is 13.2. The fourth-order valence-corrected chi connectivity index (χ4v) is 2.50. The molecule has 1 heterocycles. The lowest BCUT2D eigenvalue weighted by molar-refractivity contribution is 0.102. The van der Waals surface area contributed by atoms with Gasteiger partial charge in [-0.1, -0.05) is 6.07 Å². The minimum Gasteiger partial charge on any atom is -0.385 e. The lowest BCUT2D eigenvalue weighted by Crippen LogP contribution is -2.19. The summed E-state index contributed by atoms with van der Waals surface area (Å²) in [4.78, 5) is 12.3. The quantitative estimate of drug-likeness (QED) is 0.887. The highest BCUT2D eigenvalue weighted by Gasteiger charge is 2.17. The van der Waals surface area contributed by atoms with Crippen LogP contribution in [0.4, 0.5) is 20.2 Å². The summed E-state index contributed by atoms with van der Waals surface area (Å²) in [5, 5.41) is 5.85. The number of hydrogen-bond donors (Lipinski definition) is 2. The molecule has 0 spiro atoms. The van der Waals surface area contributed by atoms with E-state index >= 15 is 0 Å². The molecule has 0 saturated heterocycles. The van der Waals surface area contributed by atoms with Crippen LogP contribution >= 0.6 is 0 Å². The van der Waals surface area contributed by atoms with Gasteiger partial charge in [0.2, 0.25) is 0 Å². The SMILES string of the molecule is O=C(Nc1ccc(F)c(F)c1)c1cccc2c1CCCN2. The molecule has 21 heavy (non-hydrogen) atoms. The predicted molar refractivity (Wildman–Crippen MR) is 77.6 cm³/mol. The maximum atomic E-state index is 13.2. The molecule has 2 aromatic rings. The molecule has 0 saturated carbocycles. The molecule has 3 rings (SSSR count). The molecule has 0 radical (unpaired) electrons. The lowest BCUT2D eigenvalue weighted by atomic mass is 9.97. The van der Waals surface area contributed by atoms with Crippen LogP contribution in [0.2, 0.25) is 0 Å². The molecular weight excluding hydrogens is 274 g/mol. The van der Waals surface area contributed by atoms with Gasteiger partial charge < -0.3 is 10.6 Å². The number of carbonyl (C=O) groups excluding carboxylic acids is 1. The molecule has 2 N–H and O–H groups in total. The van der Waals surface area contributed by atoms with Crippen LogP contribution in [0, 0.1) is 11.6 Å². The zero-order valence-electron chi connectivity index (χ0n) is 11.2. The van der Waals surface area contributed by atoms with Crippen LogP contribution in [0.1, 0.15) is 22.3 Å². The summed E-state index contributed by atoms with van der Waals surface area (Å²) in [6, 6.07) is 8.78. The third-order valence-corrected chi connectivity index (χ3v) is 3.52. The zero-order chi connectivity index (χ0) is 14.8. The van der Waals surface area contributed by atoms with Crippen molar-refractivity contribution in [2.45, 2.75) is 12.8 Å². The fraction of sp³-hybridized carbons (Fsp3) is 0.188. The summed E-state index contributed by atoms with van der Waals surface area (Å²) in [6.07, 6.45) is 1.78. The Morgan fingerprint density at radius 2 is 2.00 bits per heavy atom. The highest BCUT2D eigenvalue weighted by molar-refractivity contribution is 6.06. The largest absolute Gasteiger partial charge is 0.385 e. The second kappa shape index (κ2) is 5.52. The van der Waals surface area contributed by atoms with Crippen LogP contribution in [-0.4, -0.2) is 12.5 Å². The van der Waals surface area contributed by atoms with Crippen LogP contribution in [0.15, 0.2) is 36.4 Å². The molecule has 2 aromatic carbocycles. The van der Waals surface area contributed by atoms with Gasteiger partial charge in [0.1, 0.15) is 0 Å². The predicted octanol–water partition coefficient (Wildman–Crippen LogP) is 3.58. The first-order valence-corrected chi connectivity index (χ1v) is 6.77. The van der Waals surface area contributed by atoms with Gasteiger partial charge in [-0.15, -0.1) is 0 Å². The second-order valence-corrected chi connectivity index (χ2v) is 4.95. The summed E-state index contributed by atoms with van der Waals surface area (Å²) < 4.78 is 26.1. The average Bonchev–Trinajstić information content (AvgIpc) is 2.50. The van der Waals surface area contributed by atoms with Gasteiger partial charge in [0.05, 0.1) is 0 Å². The third-order valence-electron chi connectivity index (χ3n) is 3.52. The van der Waals surface area contributed by atoms with E-state index in [9.17, 15) is 13.6 Å². The Morgan fingerprint density at radius 1 is 1.14 bits per heavy atom. The Kier molecular flexibility index (Phi) is 3.56. The Hall–Kier alpha value is -2.43. The van der Waals surface area contributed by atoms with Crippen molar-refractivity contribution in [2.24, 2.45) is 0 Å². The minimum absolute atomic E-state index is 0.236. The van der Waals surface area contributed by atoms with Crippen LogP contribution in [-0.2, 0) is 6.42 Å². The van der Waals surface area contributed by atoms with Crippen LogP contribution in [0.25, 0.3) is 0 Å². The van der Waals surface area contributed by atoms with Crippen LogP contribution < -0.4 is 10.6 Å². The molecule has 0 aliphatic carbocycles. The summed E-state index contributed by atoms with van der Waals surface area (Å²) >= 11 is 0. The van der Waals surface area contributed by atoms with Gasteiger partial charge in [0, 0.05) is 29.5 Å². The van der Waals surface area contributed by atoms with Gasteiger partial charge in [-0.2, -0.15) is 0 Å². The monoisotopic (exact) mass is 288 g/mol. The average molecular weight is 288 g/mol. The van der Waals surface area contributed by atoms with E-state index in [1.165, 1.54) is 6.07 Å². The van der Waals surface area contributed by atoms with E-state index in [2.05, 4.69) is 10.6 Å². The number of rotatable bonds is 2.